The normalized spacial score (nSPS) is 14.6. The number of aromatic nitrogens is 1. The van der Waals surface area contributed by atoms with Crippen LogP contribution < -0.4 is 0 Å². The van der Waals surface area contributed by atoms with E-state index in [9.17, 15) is 9.59 Å². The molecule has 0 aliphatic heterocycles. The zero-order valence-electron chi connectivity index (χ0n) is 14.9. The van der Waals surface area contributed by atoms with E-state index in [1.807, 2.05) is 55.5 Å². The van der Waals surface area contributed by atoms with E-state index >= 15 is 0 Å². The van der Waals surface area contributed by atoms with E-state index in [0.29, 0.717) is 11.1 Å². The first-order valence-electron chi connectivity index (χ1n) is 8.01. The average molecular weight is 346 g/mol. The molecule has 0 N–H and O–H groups in total. The molecule has 6 heteroatoms. The zero-order valence-corrected chi connectivity index (χ0v) is 14.9. The number of para-hydroxylation sites is 1. The molecule has 1 heterocycles. The first-order valence-corrected chi connectivity index (χ1v) is 8.01. The first kappa shape index (κ1) is 17.4. The number of nitrogens with zero attached hydrogens (tertiary/aromatic N) is 4. The van der Waals surface area contributed by atoms with Gasteiger partial charge in [-0.1, -0.05) is 18.2 Å². The van der Waals surface area contributed by atoms with Crippen molar-refractivity contribution < 1.29 is 9.59 Å². The third kappa shape index (κ3) is 2.86. The Kier molecular flexibility index (Phi) is 4.58. The summed E-state index contributed by atoms with van der Waals surface area (Å²) in [6.45, 7) is 4.89. The molecule has 1 aliphatic carbocycles. The van der Waals surface area contributed by atoms with E-state index in [2.05, 4.69) is 21.7 Å². The number of rotatable bonds is 4. The molecule has 3 rings (SSSR count). The predicted octanol–water partition coefficient (Wildman–Crippen LogP) is 3.15. The van der Waals surface area contributed by atoms with Crippen molar-refractivity contribution in [2.75, 3.05) is 14.1 Å². The van der Waals surface area contributed by atoms with Crippen LogP contribution in [0.1, 0.15) is 33.3 Å². The van der Waals surface area contributed by atoms with Crippen molar-refractivity contribution in [1.29, 1.82) is 0 Å². The van der Waals surface area contributed by atoms with Gasteiger partial charge in [0.05, 0.1) is 11.1 Å². The van der Waals surface area contributed by atoms with Crippen LogP contribution in [0.25, 0.3) is 17.0 Å². The lowest BCUT2D eigenvalue weighted by atomic mass is 9.87. The first-order chi connectivity index (χ1) is 12.5. The Balaban J connectivity index is 2.37. The minimum Gasteiger partial charge on any atom is -0.383 e. The van der Waals surface area contributed by atoms with Gasteiger partial charge in [-0.15, -0.1) is 0 Å². The highest BCUT2D eigenvalue weighted by Gasteiger charge is 2.33. The molecule has 0 amide bonds. The summed E-state index contributed by atoms with van der Waals surface area (Å²) >= 11 is 0. The fourth-order valence-electron chi connectivity index (χ4n) is 2.86. The monoisotopic (exact) mass is 346 g/mol. The summed E-state index contributed by atoms with van der Waals surface area (Å²) in [5.41, 5.74) is 2.09. The van der Waals surface area contributed by atoms with Gasteiger partial charge in [0, 0.05) is 25.1 Å². The van der Waals surface area contributed by atoms with Gasteiger partial charge in [-0.05, 0) is 37.5 Å². The number of carbonyl (C=O) groups is 2. The lowest BCUT2D eigenvalue weighted by molar-refractivity contribution is 0.0970. The molecule has 0 unspecified atom stereocenters. The third-order valence-corrected chi connectivity index (χ3v) is 4.09. The van der Waals surface area contributed by atoms with E-state index < -0.39 is 0 Å². The van der Waals surface area contributed by atoms with Gasteiger partial charge in [0.2, 0.25) is 11.6 Å². The van der Waals surface area contributed by atoms with Gasteiger partial charge >= 0.3 is 0 Å². The number of ketones is 2. The summed E-state index contributed by atoms with van der Waals surface area (Å²) in [5.74, 6) is -0.644. The maximum absolute atomic E-state index is 13.1. The number of Topliss-reactive ketones (excluding diaryl/α,β-unsaturated/α-hetero) is 2. The fourth-order valence-corrected chi connectivity index (χ4v) is 2.86. The quantitative estimate of drug-likeness (QED) is 0.629. The highest BCUT2D eigenvalue weighted by atomic mass is 16.1. The minimum atomic E-state index is -0.339. The van der Waals surface area contributed by atoms with Crippen LogP contribution in [0.3, 0.4) is 0 Å². The van der Waals surface area contributed by atoms with Gasteiger partial charge < -0.3 is 4.90 Å². The molecule has 1 aromatic carbocycles. The molecule has 2 aromatic rings. The van der Waals surface area contributed by atoms with Crippen molar-refractivity contribution in [1.82, 2.24) is 9.88 Å². The van der Waals surface area contributed by atoms with E-state index in [1.165, 1.54) is 6.34 Å². The van der Waals surface area contributed by atoms with Gasteiger partial charge in [0.25, 0.3) is 0 Å². The Hall–Kier alpha value is -3.41. The fraction of sp³-hybridized carbons (Fsp3) is 0.150. The maximum Gasteiger partial charge on any atom is 0.214 e. The number of hydrogen-bond donors (Lipinski definition) is 0. The van der Waals surface area contributed by atoms with E-state index in [0.717, 1.165) is 5.39 Å². The summed E-state index contributed by atoms with van der Waals surface area (Å²) < 4.78 is 0. The topological polar surface area (TPSA) is 75.0 Å². The van der Waals surface area contributed by atoms with Crippen LogP contribution in [0.2, 0.25) is 0 Å². The number of aliphatic imine (C=N–C) groups is 2. The number of pyridine rings is 1. The minimum absolute atomic E-state index is 0.0754. The van der Waals surface area contributed by atoms with Crippen LogP contribution >= 0.6 is 0 Å². The van der Waals surface area contributed by atoms with Gasteiger partial charge in [0.15, 0.2) is 0 Å². The predicted molar refractivity (Wildman–Crippen MR) is 104 cm³/mol. The van der Waals surface area contributed by atoms with Crippen molar-refractivity contribution in [3.05, 3.63) is 58.6 Å². The molecule has 6 nitrogen and oxygen atoms in total. The average Bonchev–Trinajstić information content (AvgIpc) is 2.63. The van der Waals surface area contributed by atoms with Gasteiger partial charge in [-0.25, -0.2) is 9.98 Å². The van der Waals surface area contributed by atoms with Crippen LogP contribution in [-0.2, 0) is 0 Å². The molecular formula is C20H18N4O2. The smallest absolute Gasteiger partial charge is 0.214 e. The van der Waals surface area contributed by atoms with Crippen molar-refractivity contribution in [3.8, 4) is 0 Å². The molecule has 0 radical (unpaired) electrons. The van der Waals surface area contributed by atoms with Crippen molar-refractivity contribution in [3.63, 3.8) is 0 Å². The molecule has 1 aromatic heterocycles. The van der Waals surface area contributed by atoms with Crippen LogP contribution in [0.5, 0.6) is 0 Å². The Morgan fingerprint density at radius 2 is 1.88 bits per heavy atom. The molecular weight excluding hydrogens is 328 g/mol. The molecule has 0 bridgehead atoms. The highest BCUT2D eigenvalue weighted by Crippen LogP contribution is 2.33. The molecule has 0 saturated carbocycles. The van der Waals surface area contributed by atoms with Crippen LogP contribution in [0, 0.1) is 0 Å². The standard InChI is InChI=1S/C20H18N4O2/c1-12-17(22-11-21-2)20(26)16-14(9-10-24(3)4)13-7-5-6-8-15(13)23-18(16)19(12)25/h5-11H,2H2,1,3-4H3/b10-9+,22-11?. The summed E-state index contributed by atoms with van der Waals surface area (Å²) in [7, 11) is 3.77. The van der Waals surface area contributed by atoms with Crippen LogP contribution in [0.15, 0.2) is 51.7 Å². The summed E-state index contributed by atoms with van der Waals surface area (Å²) in [5, 5.41) is 0.801. The molecule has 0 atom stereocenters. The molecule has 0 saturated heterocycles. The lowest BCUT2D eigenvalue weighted by Gasteiger charge is -2.19. The van der Waals surface area contributed by atoms with Crippen LogP contribution in [0.4, 0.5) is 0 Å². The van der Waals surface area contributed by atoms with Gasteiger partial charge in [-0.3, -0.25) is 14.6 Å². The number of fused-ring (bicyclic) bond motifs is 2. The maximum atomic E-state index is 13.1. The number of allylic oxidation sites excluding steroid dienone is 2. The van der Waals surface area contributed by atoms with Gasteiger partial charge in [0.1, 0.15) is 17.7 Å². The Morgan fingerprint density at radius 1 is 1.15 bits per heavy atom. The third-order valence-electron chi connectivity index (χ3n) is 4.09. The second-order valence-electron chi connectivity index (χ2n) is 6.10. The Bertz CT molecular complexity index is 1030. The second-order valence-corrected chi connectivity index (χ2v) is 6.10. The largest absolute Gasteiger partial charge is 0.383 e. The molecule has 130 valence electrons. The number of hydrogen-bond acceptors (Lipinski definition) is 5. The van der Waals surface area contributed by atoms with Crippen molar-refractivity contribution >= 4 is 41.6 Å². The van der Waals surface area contributed by atoms with E-state index in [4.69, 9.17) is 0 Å². The Morgan fingerprint density at radius 3 is 2.58 bits per heavy atom. The lowest BCUT2D eigenvalue weighted by Crippen LogP contribution is -2.23. The molecule has 0 fully saturated rings. The molecule has 1 aliphatic rings. The summed E-state index contributed by atoms with van der Waals surface area (Å²) in [6, 6.07) is 7.44. The second kappa shape index (κ2) is 6.84. The van der Waals surface area contributed by atoms with Crippen molar-refractivity contribution in [2.45, 2.75) is 6.92 Å². The van der Waals surface area contributed by atoms with Gasteiger partial charge in [-0.2, -0.15) is 0 Å². The van der Waals surface area contributed by atoms with E-state index in [-0.39, 0.29) is 34.1 Å². The number of benzene rings is 1. The highest BCUT2D eigenvalue weighted by molar-refractivity contribution is 6.28. The number of carbonyl (C=O) groups excluding carboxylic acids is 2. The zero-order chi connectivity index (χ0) is 18.8. The van der Waals surface area contributed by atoms with Crippen LogP contribution in [-0.4, -0.2) is 48.6 Å². The molecule has 0 spiro atoms. The SMILES string of the molecule is C=NC=NC1=C(C)C(=O)c2nc3ccccc3c(/C=C/N(C)C)c2C1=O. The van der Waals surface area contributed by atoms with E-state index in [1.54, 1.807) is 6.92 Å². The molecule has 26 heavy (non-hydrogen) atoms. The summed E-state index contributed by atoms with van der Waals surface area (Å²) in [6.07, 6.45) is 4.82. The van der Waals surface area contributed by atoms with Crippen molar-refractivity contribution in [2.24, 2.45) is 9.98 Å². The Labute approximate surface area is 151 Å². The summed E-state index contributed by atoms with van der Waals surface area (Å²) in [4.78, 5) is 39.8.